The van der Waals surface area contributed by atoms with E-state index in [4.69, 9.17) is 66.3 Å². The number of rotatable bonds is 15. The number of aliphatic hydroxyl groups excluding tert-OH is 20. The topological polar surface area (TPSA) is 641 Å². The maximum atomic E-state index is 13.3. The molecule has 24 N–H and O–H groups in total. The van der Waals surface area contributed by atoms with Crippen LogP contribution in [0.4, 0.5) is 0 Å². The van der Waals surface area contributed by atoms with Crippen LogP contribution in [-0.2, 0) is 82.3 Å². The molecule has 21 saturated heterocycles. The van der Waals surface area contributed by atoms with Gasteiger partial charge in [0.2, 0.25) is 5.91 Å². The highest BCUT2D eigenvalue weighted by atomic mass is 16.8. The SMILES string of the molecule is O=C(CCN[C@@H]1C(O)[C@H]2O[C@H]3[C@H](O)C(O)[C@@H](O[C@H]4[C@H](O)[C@@H](O)[C@@H](O[C@H]5[C@H](O)[C@@H](O)[C@@H](O[C@H]6[C@H](O)[C@@H](O)[C@@H](O[C@H]7[C@H](O)[C@@H](O)[C@@H](O[C@H]8[C@H](O)C(O)[C@@H](O[C@@H]1[C@@H](CO)O2)O[C@@H]8CO)O[C@@H]7CO)O[C@@H]6CO)O[C@@H]5CO)O[C@@H]4CO)O[C@@H]3CO)NC(Cc1cnc[nH]1)C(=O)O. The van der Waals surface area contributed by atoms with Crippen molar-refractivity contribution in [1.29, 1.82) is 0 Å². The highest BCUT2D eigenvalue weighted by Crippen LogP contribution is 2.39. The summed E-state index contributed by atoms with van der Waals surface area (Å²) in [6, 6.07) is -3.17. The molecule has 41 heteroatoms. The number of ether oxygens (including phenoxy) is 14. The van der Waals surface area contributed by atoms with Crippen molar-refractivity contribution in [2.45, 2.75) is 234 Å². The molecule has 21 aliphatic heterocycles. The van der Waals surface area contributed by atoms with Gasteiger partial charge in [-0.3, -0.25) is 4.79 Å². The minimum absolute atomic E-state index is 0.222. The molecule has 41 nitrogen and oxygen atoms in total. The van der Waals surface area contributed by atoms with Gasteiger partial charge in [0, 0.05) is 31.3 Å². The lowest BCUT2D eigenvalue weighted by Crippen LogP contribution is -2.70. The van der Waals surface area contributed by atoms with Crippen molar-refractivity contribution < 1.29 is 183 Å². The fourth-order valence-corrected chi connectivity index (χ4v) is 12.1. The molecule has 0 saturated carbocycles. The lowest BCUT2D eigenvalue weighted by atomic mass is 9.93. The third-order valence-electron chi connectivity index (χ3n) is 17.2. The average molecular weight is 1340 g/mol. The Morgan fingerprint density at radius 3 is 0.902 bits per heavy atom. The number of amides is 1. The Balaban J connectivity index is 1.01. The van der Waals surface area contributed by atoms with Crippen LogP contribution in [0.5, 0.6) is 0 Å². The molecule has 14 bridgehead atoms. The van der Waals surface area contributed by atoms with Gasteiger partial charge in [0.1, 0.15) is 171 Å². The van der Waals surface area contributed by atoms with E-state index in [0.29, 0.717) is 5.69 Å². The normalized spacial score (nSPS) is 48.5. The number of nitrogens with one attached hydrogen (secondary N) is 3. The van der Waals surface area contributed by atoms with Crippen LogP contribution in [0.2, 0.25) is 0 Å². The summed E-state index contributed by atoms with van der Waals surface area (Å²) in [5, 5.41) is 239. The fourth-order valence-electron chi connectivity index (χ4n) is 12.1. The van der Waals surface area contributed by atoms with Crippen LogP contribution in [0.1, 0.15) is 12.1 Å². The first-order valence-electron chi connectivity index (χ1n) is 29.4. The zero-order chi connectivity index (χ0) is 66.7. The number of carboxylic acids is 1. The minimum atomic E-state index is -2.27. The number of imidazole rings is 1. The summed E-state index contributed by atoms with van der Waals surface area (Å²) in [6.45, 7) is -8.06. The van der Waals surface area contributed by atoms with Crippen LogP contribution in [0.25, 0.3) is 0 Å². The first-order chi connectivity index (χ1) is 43.9. The Labute approximate surface area is 519 Å². The Morgan fingerprint density at radius 1 is 0.391 bits per heavy atom. The summed E-state index contributed by atoms with van der Waals surface area (Å²) in [6.07, 6.45) is -67.6. The van der Waals surface area contributed by atoms with E-state index < -0.39 is 292 Å². The number of hydrogen-bond acceptors (Lipinski definition) is 38. The van der Waals surface area contributed by atoms with Gasteiger partial charge in [0.25, 0.3) is 0 Å². The van der Waals surface area contributed by atoms with Gasteiger partial charge in [-0.05, 0) is 0 Å². The van der Waals surface area contributed by atoms with Gasteiger partial charge < -0.3 is 189 Å². The van der Waals surface area contributed by atoms with Crippen molar-refractivity contribution in [3.05, 3.63) is 18.2 Å². The summed E-state index contributed by atoms with van der Waals surface area (Å²) in [4.78, 5) is 32.0. The summed E-state index contributed by atoms with van der Waals surface area (Å²) in [5.41, 5.74) is 0.352. The van der Waals surface area contributed by atoms with Crippen LogP contribution in [-0.4, -0.2) is 403 Å². The van der Waals surface area contributed by atoms with Gasteiger partial charge in [0.05, 0.1) is 58.6 Å². The Kier molecular flexibility index (Phi) is 25.4. The quantitative estimate of drug-likeness (QED) is 0.0775. The molecule has 1 aromatic rings. The largest absolute Gasteiger partial charge is 0.480 e. The van der Waals surface area contributed by atoms with Crippen molar-refractivity contribution >= 4 is 11.9 Å². The molecule has 22 heterocycles. The second-order valence-corrected chi connectivity index (χ2v) is 23.1. The van der Waals surface area contributed by atoms with Gasteiger partial charge in [-0.2, -0.15) is 0 Å². The molecule has 1 amide bonds. The molecular weight excluding hydrogens is 1260 g/mol. The molecule has 528 valence electrons. The first-order valence-corrected chi connectivity index (χ1v) is 29.4. The number of carboxylic acid groups (broad SMARTS) is 1. The monoisotopic (exact) mass is 1340 g/mol. The number of hydrogen-bond donors (Lipinski definition) is 24. The summed E-state index contributed by atoms with van der Waals surface area (Å²) in [7, 11) is 0. The van der Waals surface area contributed by atoms with E-state index in [1.165, 1.54) is 12.5 Å². The number of aromatic nitrogens is 2. The van der Waals surface area contributed by atoms with Crippen molar-refractivity contribution in [2.24, 2.45) is 0 Å². The number of aromatic amines is 1. The minimum Gasteiger partial charge on any atom is -0.480 e. The van der Waals surface area contributed by atoms with E-state index >= 15 is 0 Å². The maximum Gasteiger partial charge on any atom is 0.326 e. The predicted octanol–water partition coefficient (Wildman–Crippen LogP) is -15.7. The van der Waals surface area contributed by atoms with E-state index in [0.717, 1.165) is 0 Å². The molecule has 0 aromatic carbocycles. The number of H-pyrrole nitrogens is 1. The summed E-state index contributed by atoms with van der Waals surface area (Å²) in [5.74, 6) is -2.28. The number of nitrogens with zero attached hydrogens (tertiary/aromatic N) is 1. The standard InChI is InChI=1S/C51H82N4O37/c56-5-15-37-23(53-2-1-22(63)55-14(44(77)78)3-13-4-52-12-54-13)24(64)45(79-15)87-38-16(6-57)81-47(32(72)26(38)66)89-40-18(8-59)83-49(34(74)28(40)68)91-42-20(10-61)85-51(36(76)30(42)70)92-43-21(11-62)84-50(35(75)29(43)69)90-41-19(9-60)82-48(33(73)27(41)67)88-39-17(7-58)80-46(86-37)31(71)25(39)65/h4,12,14-21,23-43,45-51,53,56-62,64-76H,1-3,5-11H2,(H,52,54)(H,55,63)(H,77,78)/t14?,15-,16-,17-,18-,19-,20-,21-,23-,24?,25-,26-,27-,28-,29-,30-,31?,32?,33-,34-,35-,36-,37-,38-,39-,40-,41-,42-,43-,45-,46-,47-,48-,49-,50-,51-/m1/s1. The van der Waals surface area contributed by atoms with Crippen LogP contribution < -0.4 is 10.6 Å². The van der Waals surface area contributed by atoms with Crippen LogP contribution >= 0.6 is 0 Å². The second kappa shape index (κ2) is 32.0. The summed E-state index contributed by atoms with van der Waals surface area (Å²) < 4.78 is 81.3. The molecule has 0 aliphatic carbocycles. The molecular formula is C51H82N4O37. The molecule has 36 atom stereocenters. The predicted molar refractivity (Wildman–Crippen MR) is 281 cm³/mol. The van der Waals surface area contributed by atoms with Gasteiger partial charge in [0.15, 0.2) is 44.0 Å². The Hall–Kier alpha value is -3.25. The lowest BCUT2D eigenvalue weighted by Gasteiger charge is -2.50. The summed E-state index contributed by atoms with van der Waals surface area (Å²) >= 11 is 0. The number of aliphatic carboxylic acids is 1. The van der Waals surface area contributed by atoms with E-state index in [-0.39, 0.29) is 6.42 Å². The molecule has 21 aliphatic rings. The van der Waals surface area contributed by atoms with Crippen molar-refractivity contribution in [3.63, 3.8) is 0 Å². The van der Waals surface area contributed by atoms with Gasteiger partial charge in [-0.15, -0.1) is 0 Å². The van der Waals surface area contributed by atoms with Gasteiger partial charge in [-0.1, -0.05) is 0 Å². The zero-order valence-electron chi connectivity index (χ0n) is 48.4. The molecule has 0 radical (unpaired) electrons. The van der Waals surface area contributed by atoms with Crippen molar-refractivity contribution in [2.75, 3.05) is 52.8 Å². The molecule has 4 unspecified atom stereocenters. The van der Waals surface area contributed by atoms with Crippen LogP contribution in [0.3, 0.4) is 0 Å². The maximum absolute atomic E-state index is 13.3. The molecule has 92 heavy (non-hydrogen) atoms. The fraction of sp³-hybridized carbons (Fsp3) is 0.902. The van der Waals surface area contributed by atoms with E-state index in [1.54, 1.807) is 0 Å². The zero-order valence-corrected chi connectivity index (χ0v) is 48.4. The molecule has 22 rings (SSSR count). The third kappa shape index (κ3) is 15.4. The van der Waals surface area contributed by atoms with Crippen LogP contribution in [0.15, 0.2) is 12.5 Å². The highest BCUT2D eigenvalue weighted by molar-refractivity contribution is 5.83. The van der Waals surface area contributed by atoms with Gasteiger partial charge in [-0.25, -0.2) is 9.78 Å². The number of aliphatic hydroxyl groups is 20. The molecule has 21 fully saturated rings. The third-order valence-corrected chi connectivity index (χ3v) is 17.2. The van der Waals surface area contributed by atoms with E-state index in [2.05, 4.69) is 20.6 Å². The average Bonchev–Trinajstić information content (AvgIpc) is 0.921. The smallest absolute Gasteiger partial charge is 0.326 e. The van der Waals surface area contributed by atoms with Crippen molar-refractivity contribution in [3.8, 4) is 0 Å². The van der Waals surface area contributed by atoms with Crippen molar-refractivity contribution in [1.82, 2.24) is 20.6 Å². The van der Waals surface area contributed by atoms with E-state index in [9.17, 15) is 117 Å². The Morgan fingerprint density at radius 2 is 0.652 bits per heavy atom. The number of carbonyl (C=O) groups excluding carboxylic acids is 1. The lowest BCUT2D eigenvalue weighted by molar-refractivity contribution is -0.396. The van der Waals surface area contributed by atoms with Crippen LogP contribution in [0, 0.1) is 0 Å². The first kappa shape index (κ1) is 73.0. The highest BCUT2D eigenvalue weighted by Gasteiger charge is 2.60. The van der Waals surface area contributed by atoms with Gasteiger partial charge >= 0.3 is 5.97 Å². The molecule has 0 spiro atoms. The van der Waals surface area contributed by atoms with E-state index in [1.807, 2.05) is 0 Å². The molecule has 1 aromatic heterocycles. The number of carbonyl (C=O) groups is 2. The second-order valence-electron chi connectivity index (χ2n) is 23.1. The Bertz CT molecular complexity index is 2440.